The molecule has 0 aromatic carbocycles. The van der Waals surface area contributed by atoms with Gasteiger partial charge in [0.1, 0.15) is 0 Å². The molecule has 0 rings (SSSR count). The third-order valence-corrected chi connectivity index (χ3v) is 1.78. The maximum absolute atomic E-state index is 2.25. The summed E-state index contributed by atoms with van der Waals surface area (Å²) in [4.78, 5) is 0. The molecule has 0 aliphatic carbocycles. The lowest BCUT2D eigenvalue weighted by atomic mass is 10.0. The number of allylic oxidation sites excluding steroid dienone is 4. The SMILES string of the molecule is CC/C(=C/C=C(C)C)C(C)C. The molecule has 0 amide bonds. The Morgan fingerprint density at radius 3 is 2.00 bits per heavy atom. The van der Waals surface area contributed by atoms with Gasteiger partial charge >= 0.3 is 0 Å². The van der Waals surface area contributed by atoms with Crippen LogP contribution in [0.3, 0.4) is 0 Å². The standard InChI is InChI=1S/C11H20/c1-6-11(10(4)5)8-7-9(2)3/h7-8,10H,6H2,1-5H3/b11-8-. The second kappa shape index (κ2) is 5.17. The molecule has 0 heterocycles. The fourth-order valence-corrected chi connectivity index (χ4v) is 0.992. The van der Waals surface area contributed by atoms with E-state index in [1.54, 1.807) is 0 Å². The zero-order valence-electron chi connectivity index (χ0n) is 8.44. The first-order valence-corrected chi connectivity index (χ1v) is 4.41. The van der Waals surface area contributed by atoms with E-state index in [1.165, 1.54) is 17.6 Å². The molecule has 0 radical (unpaired) electrons. The summed E-state index contributed by atoms with van der Waals surface area (Å²) >= 11 is 0. The summed E-state index contributed by atoms with van der Waals surface area (Å²) in [5.41, 5.74) is 2.91. The van der Waals surface area contributed by atoms with Gasteiger partial charge in [0, 0.05) is 0 Å². The lowest BCUT2D eigenvalue weighted by molar-refractivity contribution is 0.732. The van der Waals surface area contributed by atoms with Gasteiger partial charge in [0.05, 0.1) is 0 Å². The van der Waals surface area contributed by atoms with Crippen molar-refractivity contribution in [2.24, 2.45) is 5.92 Å². The highest BCUT2D eigenvalue weighted by atomic mass is 14.0. The monoisotopic (exact) mass is 152 g/mol. The van der Waals surface area contributed by atoms with Crippen LogP contribution < -0.4 is 0 Å². The van der Waals surface area contributed by atoms with Gasteiger partial charge in [-0.05, 0) is 26.2 Å². The van der Waals surface area contributed by atoms with Crippen molar-refractivity contribution in [3.05, 3.63) is 23.3 Å². The topological polar surface area (TPSA) is 0 Å². The van der Waals surface area contributed by atoms with Gasteiger partial charge < -0.3 is 0 Å². The van der Waals surface area contributed by atoms with Gasteiger partial charge in [0.25, 0.3) is 0 Å². The van der Waals surface area contributed by atoms with Crippen molar-refractivity contribution in [3.63, 3.8) is 0 Å². The normalized spacial score (nSPS) is 12.0. The highest BCUT2D eigenvalue weighted by molar-refractivity contribution is 5.16. The van der Waals surface area contributed by atoms with E-state index in [-0.39, 0.29) is 0 Å². The Hall–Kier alpha value is -0.520. The van der Waals surface area contributed by atoms with Crippen molar-refractivity contribution >= 4 is 0 Å². The first kappa shape index (κ1) is 10.5. The minimum atomic E-state index is 0.690. The van der Waals surface area contributed by atoms with Crippen LogP contribution >= 0.6 is 0 Å². The van der Waals surface area contributed by atoms with Crippen LogP contribution in [0.25, 0.3) is 0 Å². The lowest BCUT2D eigenvalue weighted by Gasteiger charge is -2.06. The van der Waals surface area contributed by atoms with E-state index >= 15 is 0 Å². The molecule has 0 saturated carbocycles. The van der Waals surface area contributed by atoms with E-state index in [1.807, 2.05) is 0 Å². The van der Waals surface area contributed by atoms with Crippen LogP contribution in [0.2, 0.25) is 0 Å². The van der Waals surface area contributed by atoms with Crippen molar-refractivity contribution in [2.75, 3.05) is 0 Å². The van der Waals surface area contributed by atoms with Crippen molar-refractivity contribution < 1.29 is 0 Å². The van der Waals surface area contributed by atoms with Crippen LogP contribution in [-0.2, 0) is 0 Å². The number of rotatable bonds is 3. The van der Waals surface area contributed by atoms with Gasteiger partial charge in [0.15, 0.2) is 0 Å². The van der Waals surface area contributed by atoms with Gasteiger partial charge in [-0.2, -0.15) is 0 Å². The van der Waals surface area contributed by atoms with E-state index < -0.39 is 0 Å². The highest BCUT2D eigenvalue weighted by Crippen LogP contribution is 2.13. The summed E-state index contributed by atoms with van der Waals surface area (Å²) < 4.78 is 0. The number of hydrogen-bond acceptors (Lipinski definition) is 0. The van der Waals surface area contributed by atoms with Gasteiger partial charge in [0.2, 0.25) is 0 Å². The molecule has 0 fully saturated rings. The molecule has 0 aliphatic heterocycles. The molecule has 0 aromatic heterocycles. The average molecular weight is 152 g/mol. The molecule has 11 heavy (non-hydrogen) atoms. The van der Waals surface area contributed by atoms with Crippen molar-refractivity contribution in [1.82, 2.24) is 0 Å². The Balaban J connectivity index is 4.24. The molecular formula is C11H20. The fraction of sp³-hybridized carbons (Fsp3) is 0.636. The predicted octanol–water partition coefficient (Wildman–Crippen LogP) is 3.95. The summed E-state index contributed by atoms with van der Waals surface area (Å²) in [6.07, 6.45) is 5.61. The average Bonchev–Trinajstić information content (AvgIpc) is 1.87. The van der Waals surface area contributed by atoms with E-state index in [0.717, 1.165) is 0 Å². The van der Waals surface area contributed by atoms with E-state index in [0.29, 0.717) is 5.92 Å². The van der Waals surface area contributed by atoms with Gasteiger partial charge in [-0.25, -0.2) is 0 Å². The fourth-order valence-electron chi connectivity index (χ4n) is 0.992. The van der Waals surface area contributed by atoms with Crippen LogP contribution in [-0.4, -0.2) is 0 Å². The minimum absolute atomic E-state index is 0.690. The lowest BCUT2D eigenvalue weighted by Crippen LogP contribution is -1.91. The molecule has 0 heteroatoms. The summed E-state index contributed by atoms with van der Waals surface area (Å²) in [6, 6.07) is 0. The molecule has 0 saturated heterocycles. The number of hydrogen-bond donors (Lipinski definition) is 0. The van der Waals surface area contributed by atoms with E-state index in [4.69, 9.17) is 0 Å². The summed E-state index contributed by atoms with van der Waals surface area (Å²) in [5, 5.41) is 0. The summed E-state index contributed by atoms with van der Waals surface area (Å²) in [6.45, 7) is 11.0. The Labute approximate surface area is 71.0 Å². The zero-order valence-corrected chi connectivity index (χ0v) is 8.44. The summed E-state index contributed by atoms with van der Waals surface area (Å²) in [7, 11) is 0. The largest absolute Gasteiger partial charge is 0.0764 e. The summed E-state index contributed by atoms with van der Waals surface area (Å²) in [5.74, 6) is 0.690. The van der Waals surface area contributed by atoms with Crippen molar-refractivity contribution in [1.29, 1.82) is 0 Å². The zero-order chi connectivity index (χ0) is 8.85. The maximum atomic E-state index is 2.25. The minimum Gasteiger partial charge on any atom is -0.0764 e. The smallest absolute Gasteiger partial charge is 0.0257 e. The van der Waals surface area contributed by atoms with Crippen molar-refractivity contribution in [3.8, 4) is 0 Å². The van der Waals surface area contributed by atoms with Gasteiger partial charge in [-0.3, -0.25) is 0 Å². The molecule has 0 spiro atoms. The van der Waals surface area contributed by atoms with Crippen LogP contribution in [0, 0.1) is 5.92 Å². The van der Waals surface area contributed by atoms with Crippen LogP contribution in [0.4, 0.5) is 0 Å². The van der Waals surface area contributed by atoms with Crippen LogP contribution in [0.5, 0.6) is 0 Å². The Morgan fingerprint density at radius 2 is 1.73 bits per heavy atom. The third-order valence-electron chi connectivity index (χ3n) is 1.78. The van der Waals surface area contributed by atoms with Crippen LogP contribution in [0.1, 0.15) is 41.0 Å². The molecule has 0 N–H and O–H groups in total. The Morgan fingerprint density at radius 1 is 1.18 bits per heavy atom. The first-order chi connectivity index (χ1) is 5.07. The maximum Gasteiger partial charge on any atom is -0.0257 e. The second-order valence-electron chi connectivity index (χ2n) is 3.49. The van der Waals surface area contributed by atoms with E-state index in [9.17, 15) is 0 Å². The van der Waals surface area contributed by atoms with Gasteiger partial charge in [-0.15, -0.1) is 0 Å². The quantitative estimate of drug-likeness (QED) is 0.537. The van der Waals surface area contributed by atoms with Crippen molar-refractivity contribution in [2.45, 2.75) is 41.0 Å². The molecule has 64 valence electrons. The molecule has 0 unspecified atom stereocenters. The van der Waals surface area contributed by atoms with Crippen LogP contribution in [0.15, 0.2) is 23.3 Å². The Bertz CT molecular complexity index is 155. The molecular weight excluding hydrogens is 132 g/mol. The molecule has 0 aromatic rings. The highest BCUT2D eigenvalue weighted by Gasteiger charge is 1.97. The second-order valence-corrected chi connectivity index (χ2v) is 3.49. The molecule has 0 aliphatic rings. The molecule has 0 nitrogen and oxygen atoms in total. The predicted molar refractivity (Wildman–Crippen MR) is 52.6 cm³/mol. The van der Waals surface area contributed by atoms with Gasteiger partial charge in [-0.1, -0.05) is 44.1 Å². The molecule has 0 bridgehead atoms. The first-order valence-electron chi connectivity index (χ1n) is 4.41. The third kappa shape index (κ3) is 4.83. The van der Waals surface area contributed by atoms with E-state index in [2.05, 4.69) is 46.8 Å². The Kier molecular flexibility index (Phi) is 4.93. The molecule has 0 atom stereocenters.